The Bertz CT molecular complexity index is 319. The predicted octanol–water partition coefficient (Wildman–Crippen LogP) is -0.697. The van der Waals surface area contributed by atoms with E-state index in [2.05, 4.69) is 20.7 Å². The van der Waals surface area contributed by atoms with Crippen molar-refractivity contribution in [3.63, 3.8) is 0 Å². The van der Waals surface area contributed by atoms with Crippen molar-refractivity contribution < 1.29 is 16.8 Å². The molecular weight excluding hydrogens is 270 g/mol. The molecule has 0 atom stereocenters. The van der Waals surface area contributed by atoms with Crippen molar-refractivity contribution in [1.82, 2.24) is 4.72 Å². The molecule has 0 spiro atoms. The molecule has 8 heteroatoms. The molecule has 0 aliphatic heterocycles. The fourth-order valence-electron chi connectivity index (χ4n) is 0.421. The fourth-order valence-corrected chi connectivity index (χ4v) is 2.00. The highest BCUT2D eigenvalue weighted by Gasteiger charge is 2.08. The summed E-state index contributed by atoms with van der Waals surface area (Å²) in [5, 5.41) is 0. The van der Waals surface area contributed by atoms with Gasteiger partial charge in [-0.1, -0.05) is 15.9 Å². The average molecular weight is 280 g/mol. The van der Waals surface area contributed by atoms with Crippen LogP contribution in [0.2, 0.25) is 0 Å². The van der Waals surface area contributed by atoms with Crippen molar-refractivity contribution in [3.8, 4) is 0 Å². The molecule has 0 bridgehead atoms. The Kier molecular flexibility index (Phi) is 4.67. The van der Waals surface area contributed by atoms with Crippen LogP contribution in [0, 0.1) is 0 Å². The second-order valence-corrected chi connectivity index (χ2v) is 7.62. The van der Waals surface area contributed by atoms with Gasteiger partial charge in [-0.15, -0.1) is 0 Å². The van der Waals surface area contributed by atoms with Gasteiger partial charge in [0, 0.05) is 12.8 Å². The highest BCUT2D eigenvalue weighted by Crippen LogP contribution is 1.90. The topological polar surface area (TPSA) is 80.3 Å². The first-order valence-electron chi connectivity index (χ1n) is 2.98. The number of hydrogen-bond donors (Lipinski definition) is 1. The summed E-state index contributed by atoms with van der Waals surface area (Å²) < 4.78 is 44.5. The fraction of sp³-hybridized carbons (Fsp3) is 1.00. The molecule has 0 aliphatic carbocycles. The summed E-state index contributed by atoms with van der Waals surface area (Å²) >= 11 is 2.75. The van der Waals surface area contributed by atoms with Crippen molar-refractivity contribution in [2.75, 3.05) is 23.2 Å². The van der Waals surface area contributed by atoms with Gasteiger partial charge in [0.2, 0.25) is 10.0 Å². The van der Waals surface area contributed by atoms with Gasteiger partial charge in [0.05, 0.1) is 5.75 Å². The molecule has 0 saturated heterocycles. The Morgan fingerprint density at radius 1 is 1.25 bits per heavy atom. The molecule has 0 rings (SSSR count). The van der Waals surface area contributed by atoms with Gasteiger partial charge in [-0.3, -0.25) is 0 Å². The van der Waals surface area contributed by atoms with E-state index in [9.17, 15) is 16.8 Å². The highest BCUT2D eigenvalue weighted by atomic mass is 79.9. The van der Waals surface area contributed by atoms with Crippen LogP contribution < -0.4 is 4.72 Å². The van der Waals surface area contributed by atoms with E-state index in [1.165, 1.54) is 0 Å². The van der Waals surface area contributed by atoms with Crippen LogP contribution in [-0.2, 0) is 19.9 Å². The zero-order chi connectivity index (χ0) is 9.83. The van der Waals surface area contributed by atoms with E-state index < -0.39 is 19.9 Å². The molecule has 12 heavy (non-hydrogen) atoms. The van der Waals surface area contributed by atoms with Crippen molar-refractivity contribution in [2.45, 2.75) is 0 Å². The van der Waals surface area contributed by atoms with E-state index in [0.29, 0.717) is 0 Å². The third-order valence-electron chi connectivity index (χ3n) is 0.938. The molecule has 0 fully saturated rings. The van der Waals surface area contributed by atoms with Crippen LogP contribution in [0.5, 0.6) is 0 Å². The molecule has 0 radical (unpaired) electrons. The Labute approximate surface area is 80.6 Å². The van der Waals surface area contributed by atoms with Crippen molar-refractivity contribution >= 4 is 35.8 Å². The molecule has 0 saturated carbocycles. The van der Waals surface area contributed by atoms with Gasteiger partial charge in [-0.25, -0.2) is 21.6 Å². The second kappa shape index (κ2) is 4.54. The number of rotatable bonds is 5. The molecule has 5 nitrogen and oxygen atoms in total. The lowest BCUT2D eigenvalue weighted by Gasteiger charge is -2.01. The van der Waals surface area contributed by atoms with Crippen molar-refractivity contribution in [2.24, 2.45) is 0 Å². The average Bonchev–Trinajstić information content (AvgIpc) is 1.84. The number of sulfone groups is 1. The SMILES string of the molecule is CS(=O)(=O)CCNS(=O)(=O)CBr. The Morgan fingerprint density at radius 3 is 2.08 bits per heavy atom. The zero-order valence-electron chi connectivity index (χ0n) is 6.45. The molecule has 0 aromatic rings. The van der Waals surface area contributed by atoms with E-state index >= 15 is 0 Å². The van der Waals surface area contributed by atoms with Crippen LogP contribution in [0.15, 0.2) is 0 Å². The smallest absolute Gasteiger partial charge is 0.221 e. The van der Waals surface area contributed by atoms with Crippen molar-refractivity contribution in [1.29, 1.82) is 0 Å². The molecule has 0 aromatic carbocycles. The van der Waals surface area contributed by atoms with Gasteiger partial charge in [0.1, 0.15) is 14.5 Å². The minimum atomic E-state index is -3.34. The Morgan fingerprint density at radius 2 is 1.75 bits per heavy atom. The maximum atomic E-state index is 10.7. The quantitative estimate of drug-likeness (QED) is 0.675. The predicted molar refractivity (Wildman–Crippen MR) is 50.4 cm³/mol. The van der Waals surface area contributed by atoms with E-state index in [4.69, 9.17) is 0 Å². The van der Waals surface area contributed by atoms with E-state index in [-0.39, 0.29) is 17.0 Å². The summed E-state index contributed by atoms with van der Waals surface area (Å²) in [6.45, 7) is -0.0766. The minimum Gasteiger partial charge on any atom is -0.229 e. The lowest BCUT2D eigenvalue weighted by atomic mass is 10.8. The molecule has 0 amide bonds. The Hall–Kier alpha value is 0.340. The highest BCUT2D eigenvalue weighted by molar-refractivity contribution is 9.10. The summed E-state index contributed by atoms with van der Waals surface area (Å²) in [6.07, 6.45) is 1.05. The summed E-state index contributed by atoms with van der Waals surface area (Å²) in [5.41, 5.74) is 0. The third-order valence-corrected chi connectivity index (χ3v) is 4.62. The molecule has 0 heterocycles. The summed E-state index contributed by atoms with van der Waals surface area (Å²) in [6, 6.07) is 0. The number of nitrogens with one attached hydrogen (secondary N) is 1. The van der Waals surface area contributed by atoms with Gasteiger partial charge in [0.15, 0.2) is 0 Å². The minimum absolute atomic E-state index is 0.0766. The van der Waals surface area contributed by atoms with Crippen LogP contribution >= 0.6 is 15.9 Å². The van der Waals surface area contributed by atoms with Gasteiger partial charge in [-0.2, -0.15) is 0 Å². The van der Waals surface area contributed by atoms with Gasteiger partial charge >= 0.3 is 0 Å². The largest absolute Gasteiger partial charge is 0.229 e. The van der Waals surface area contributed by atoms with Gasteiger partial charge < -0.3 is 0 Å². The normalized spacial score (nSPS) is 13.2. The number of hydrogen-bond acceptors (Lipinski definition) is 4. The molecule has 0 unspecified atom stereocenters. The summed E-state index contributed by atoms with van der Waals surface area (Å²) in [4.78, 5) is 0. The first-order chi connectivity index (χ1) is 5.27. The van der Waals surface area contributed by atoms with E-state index in [1.807, 2.05) is 0 Å². The first kappa shape index (κ1) is 12.3. The van der Waals surface area contributed by atoms with E-state index in [1.54, 1.807) is 0 Å². The summed E-state index contributed by atoms with van der Waals surface area (Å²) in [7, 11) is -6.44. The zero-order valence-corrected chi connectivity index (χ0v) is 9.67. The van der Waals surface area contributed by atoms with Crippen molar-refractivity contribution in [3.05, 3.63) is 0 Å². The molecule has 1 N–H and O–H groups in total. The van der Waals surface area contributed by atoms with Crippen LogP contribution in [-0.4, -0.2) is 40.1 Å². The number of alkyl halides is 1. The standard InChI is InChI=1S/C4H10BrNO4S2/c1-11(7,8)3-2-6-12(9,10)4-5/h6H,2-4H2,1H3. The number of halogens is 1. The van der Waals surface area contributed by atoms with Crippen LogP contribution in [0.4, 0.5) is 0 Å². The molecule has 74 valence electrons. The molecule has 0 aliphatic rings. The van der Waals surface area contributed by atoms with Gasteiger partial charge in [-0.05, 0) is 0 Å². The Balaban J connectivity index is 3.89. The monoisotopic (exact) mass is 279 g/mol. The lowest BCUT2D eigenvalue weighted by molar-refractivity contribution is 0.586. The molecule has 0 aromatic heterocycles. The maximum Gasteiger partial charge on any atom is 0.221 e. The van der Waals surface area contributed by atoms with Crippen LogP contribution in [0.3, 0.4) is 0 Å². The third kappa shape index (κ3) is 7.01. The van der Waals surface area contributed by atoms with Crippen LogP contribution in [0.25, 0.3) is 0 Å². The maximum absolute atomic E-state index is 10.7. The van der Waals surface area contributed by atoms with E-state index in [0.717, 1.165) is 6.26 Å². The van der Waals surface area contributed by atoms with Gasteiger partial charge in [0.25, 0.3) is 0 Å². The first-order valence-corrected chi connectivity index (χ1v) is 7.81. The van der Waals surface area contributed by atoms with Crippen LogP contribution in [0.1, 0.15) is 0 Å². The second-order valence-electron chi connectivity index (χ2n) is 2.25. The molecular formula is C4H10BrNO4S2. The summed E-state index contributed by atoms with van der Waals surface area (Å²) in [5.74, 6) is -0.181. The number of sulfonamides is 1. The lowest BCUT2D eigenvalue weighted by Crippen LogP contribution is -2.29.